The Bertz CT molecular complexity index is 361. The molecule has 4 nitrogen and oxygen atoms in total. The molecule has 0 saturated heterocycles. The Morgan fingerprint density at radius 3 is 2.73 bits per heavy atom. The van der Waals surface area contributed by atoms with E-state index in [0.29, 0.717) is 11.4 Å². The number of hydrogen-bond acceptors (Lipinski definition) is 3. The van der Waals surface area contributed by atoms with Crippen LogP contribution in [-0.4, -0.2) is 17.7 Å². The molecule has 15 heavy (non-hydrogen) atoms. The third kappa shape index (κ3) is 3.16. The van der Waals surface area contributed by atoms with Crippen molar-refractivity contribution in [3.05, 3.63) is 24.3 Å². The van der Waals surface area contributed by atoms with Crippen LogP contribution in [0, 0.1) is 5.41 Å². The fourth-order valence-corrected chi connectivity index (χ4v) is 0.930. The lowest BCUT2D eigenvalue weighted by Gasteiger charge is -2.19. The SMILES string of the molecule is CC(C)(COc1cccc(N)c1)C(=O)O. The van der Waals surface area contributed by atoms with Crippen molar-refractivity contribution < 1.29 is 14.6 Å². The summed E-state index contributed by atoms with van der Waals surface area (Å²) in [4.78, 5) is 10.8. The van der Waals surface area contributed by atoms with E-state index in [1.807, 2.05) is 0 Å². The van der Waals surface area contributed by atoms with Crippen LogP contribution in [0.5, 0.6) is 5.75 Å². The molecule has 1 rings (SSSR count). The Balaban J connectivity index is 2.61. The molecule has 0 spiro atoms. The maximum Gasteiger partial charge on any atom is 0.312 e. The first-order chi connectivity index (χ1) is 6.92. The van der Waals surface area contributed by atoms with Crippen molar-refractivity contribution in [3.63, 3.8) is 0 Å². The van der Waals surface area contributed by atoms with Crippen molar-refractivity contribution in [1.82, 2.24) is 0 Å². The number of nitrogens with two attached hydrogens (primary N) is 1. The molecule has 0 fully saturated rings. The van der Waals surface area contributed by atoms with E-state index in [-0.39, 0.29) is 6.61 Å². The Labute approximate surface area is 88.7 Å². The van der Waals surface area contributed by atoms with Crippen LogP contribution >= 0.6 is 0 Å². The number of anilines is 1. The lowest BCUT2D eigenvalue weighted by Crippen LogP contribution is -2.30. The highest BCUT2D eigenvalue weighted by Gasteiger charge is 2.28. The van der Waals surface area contributed by atoms with Gasteiger partial charge in [-0.25, -0.2) is 0 Å². The van der Waals surface area contributed by atoms with Crippen molar-refractivity contribution in [1.29, 1.82) is 0 Å². The first-order valence-electron chi connectivity index (χ1n) is 4.63. The summed E-state index contributed by atoms with van der Waals surface area (Å²) in [6.45, 7) is 3.34. The van der Waals surface area contributed by atoms with Gasteiger partial charge in [0.05, 0.1) is 5.41 Å². The van der Waals surface area contributed by atoms with E-state index in [1.165, 1.54) is 0 Å². The van der Waals surface area contributed by atoms with E-state index in [1.54, 1.807) is 38.1 Å². The van der Waals surface area contributed by atoms with Gasteiger partial charge in [0.15, 0.2) is 0 Å². The summed E-state index contributed by atoms with van der Waals surface area (Å²) >= 11 is 0. The molecule has 0 aliphatic carbocycles. The van der Waals surface area contributed by atoms with Crippen LogP contribution in [-0.2, 0) is 4.79 Å². The topological polar surface area (TPSA) is 72.5 Å². The van der Waals surface area contributed by atoms with Gasteiger partial charge >= 0.3 is 5.97 Å². The van der Waals surface area contributed by atoms with Gasteiger partial charge in [-0.3, -0.25) is 4.79 Å². The second kappa shape index (κ2) is 4.21. The minimum Gasteiger partial charge on any atom is -0.492 e. The predicted octanol–water partition coefficient (Wildman–Crippen LogP) is 1.76. The van der Waals surface area contributed by atoms with Crippen LogP contribution < -0.4 is 10.5 Å². The highest BCUT2D eigenvalue weighted by molar-refractivity contribution is 5.73. The van der Waals surface area contributed by atoms with Gasteiger partial charge in [0.1, 0.15) is 12.4 Å². The fraction of sp³-hybridized carbons (Fsp3) is 0.364. The van der Waals surface area contributed by atoms with Crippen molar-refractivity contribution in [2.45, 2.75) is 13.8 Å². The van der Waals surface area contributed by atoms with Gasteiger partial charge in [-0.2, -0.15) is 0 Å². The maximum atomic E-state index is 10.8. The van der Waals surface area contributed by atoms with E-state index < -0.39 is 11.4 Å². The number of carboxylic acids is 1. The summed E-state index contributed by atoms with van der Waals surface area (Å²) in [6, 6.07) is 6.92. The second-order valence-electron chi connectivity index (χ2n) is 4.05. The van der Waals surface area contributed by atoms with E-state index >= 15 is 0 Å². The molecule has 0 unspecified atom stereocenters. The monoisotopic (exact) mass is 209 g/mol. The number of carbonyl (C=O) groups is 1. The predicted molar refractivity (Wildman–Crippen MR) is 57.8 cm³/mol. The zero-order valence-electron chi connectivity index (χ0n) is 8.86. The number of aliphatic carboxylic acids is 1. The summed E-state index contributed by atoms with van der Waals surface area (Å²) in [5.41, 5.74) is 5.26. The van der Waals surface area contributed by atoms with E-state index in [9.17, 15) is 4.79 Å². The van der Waals surface area contributed by atoms with Crippen LogP contribution in [0.1, 0.15) is 13.8 Å². The molecule has 0 heterocycles. The average molecular weight is 209 g/mol. The molecular formula is C11H15NO3. The summed E-state index contributed by atoms with van der Waals surface area (Å²) in [7, 11) is 0. The van der Waals surface area contributed by atoms with Gasteiger partial charge in [-0.1, -0.05) is 6.07 Å². The first kappa shape index (κ1) is 11.4. The van der Waals surface area contributed by atoms with Crippen LogP contribution in [0.3, 0.4) is 0 Å². The van der Waals surface area contributed by atoms with Crippen LogP contribution in [0.4, 0.5) is 5.69 Å². The van der Waals surface area contributed by atoms with Crippen molar-refractivity contribution in [2.24, 2.45) is 5.41 Å². The van der Waals surface area contributed by atoms with Crippen molar-refractivity contribution >= 4 is 11.7 Å². The number of nitrogen functional groups attached to an aromatic ring is 1. The lowest BCUT2D eigenvalue weighted by molar-refractivity contribution is -0.148. The third-order valence-electron chi connectivity index (χ3n) is 2.04. The van der Waals surface area contributed by atoms with E-state index in [0.717, 1.165) is 0 Å². The molecule has 4 heteroatoms. The van der Waals surface area contributed by atoms with E-state index in [4.69, 9.17) is 15.6 Å². The minimum atomic E-state index is -0.898. The zero-order valence-corrected chi connectivity index (χ0v) is 8.86. The largest absolute Gasteiger partial charge is 0.492 e. The fourth-order valence-electron chi connectivity index (χ4n) is 0.930. The Hall–Kier alpha value is -1.71. The first-order valence-corrected chi connectivity index (χ1v) is 4.63. The molecule has 0 amide bonds. The minimum absolute atomic E-state index is 0.117. The van der Waals surface area contributed by atoms with Gasteiger partial charge < -0.3 is 15.6 Å². The Kier molecular flexibility index (Phi) is 3.19. The molecule has 0 aromatic heterocycles. The molecule has 0 radical (unpaired) electrons. The second-order valence-corrected chi connectivity index (χ2v) is 4.05. The number of hydrogen-bond donors (Lipinski definition) is 2. The Morgan fingerprint density at radius 1 is 1.53 bits per heavy atom. The van der Waals surface area contributed by atoms with E-state index in [2.05, 4.69) is 0 Å². The lowest BCUT2D eigenvalue weighted by atomic mass is 9.95. The molecule has 3 N–H and O–H groups in total. The number of rotatable bonds is 4. The van der Waals surface area contributed by atoms with Crippen LogP contribution in [0.25, 0.3) is 0 Å². The molecule has 0 aliphatic heterocycles. The van der Waals surface area contributed by atoms with Crippen LogP contribution in [0.15, 0.2) is 24.3 Å². The molecule has 0 aliphatic rings. The summed E-state index contributed by atoms with van der Waals surface area (Å²) in [5.74, 6) is -0.296. The summed E-state index contributed by atoms with van der Waals surface area (Å²) < 4.78 is 5.35. The van der Waals surface area contributed by atoms with Gasteiger partial charge in [0.2, 0.25) is 0 Å². The summed E-state index contributed by atoms with van der Waals surface area (Å²) in [5, 5.41) is 8.87. The van der Waals surface area contributed by atoms with Gasteiger partial charge in [-0.05, 0) is 26.0 Å². The Morgan fingerprint density at radius 2 is 2.20 bits per heavy atom. The third-order valence-corrected chi connectivity index (χ3v) is 2.04. The van der Waals surface area contributed by atoms with Crippen molar-refractivity contribution in [2.75, 3.05) is 12.3 Å². The highest BCUT2D eigenvalue weighted by atomic mass is 16.5. The number of benzene rings is 1. The zero-order chi connectivity index (χ0) is 11.5. The maximum absolute atomic E-state index is 10.8. The molecule has 1 aromatic rings. The molecule has 0 atom stereocenters. The van der Waals surface area contributed by atoms with Gasteiger partial charge in [-0.15, -0.1) is 0 Å². The molecular weight excluding hydrogens is 194 g/mol. The van der Waals surface area contributed by atoms with Crippen molar-refractivity contribution in [3.8, 4) is 5.75 Å². The molecule has 82 valence electrons. The van der Waals surface area contributed by atoms with Crippen LogP contribution in [0.2, 0.25) is 0 Å². The highest BCUT2D eigenvalue weighted by Crippen LogP contribution is 2.20. The summed E-state index contributed by atoms with van der Waals surface area (Å²) in [6.07, 6.45) is 0. The molecule has 1 aromatic carbocycles. The quantitative estimate of drug-likeness (QED) is 0.741. The number of carboxylic acid groups (broad SMARTS) is 1. The average Bonchev–Trinajstić information content (AvgIpc) is 2.15. The number of ether oxygens (including phenoxy) is 1. The van der Waals surface area contributed by atoms with Gasteiger partial charge in [0.25, 0.3) is 0 Å². The van der Waals surface area contributed by atoms with Gasteiger partial charge in [0, 0.05) is 11.8 Å². The molecule has 0 bridgehead atoms. The smallest absolute Gasteiger partial charge is 0.312 e. The molecule has 0 saturated carbocycles. The normalized spacial score (nSPS) is 11.1. The standard InChI is InChI=1S/C11H15NO3/c1-11(2,10(13)14)7-15-9-5-3-4-8(12)6-9/h3-6H,7,12H2,1-2H3,(H,13,14).